The Balaban J connectivity index is 1.07. The van der Waals surface area contributed by atoms with Crippen LogP contribution in [0.15, 0.2) is 186 Å². The van der Waals surface area contributed by atoms with Gasteiger partial charge in [0.1, 0.15) is 11.2 Å². The summed E-state index contributed by atoms with van der Waals surface area (Å²) < 4.78 is 9.02. The molecule has 56 heavy (non-hydrogen) atoms. The Morgan fingerprint density at radius 3 is 1.46 bits per heavy atom. The molecule has 0 aliphatic rings. The van der Waals surface area contributed by atoms with Gasteiger partial charge in [0, 0.05) is 50.0 Å². The topological polar surface area (TPSA) is 56.7 Å². The van der Waals surface area contributed by atoms with Crippen LogP contribution < -0.4 is 0 Å². The molecule has 5 nitrogen and oxygen atoms in total. The van der Waals surface area contributed by atoms with Gasteiger partial charge >= 0.3 is 0 Å². The Labute approximate surface area is 320 Å². The summed E-state index contributed by atoms with van der Waals surface area (Å²) in [5, 5.41) is 12.0. The zero-order valence-electron chi connectivity index (χ0n) is 30.0. The van der Waals surface area contributed by atoms with E-state index in [4.69, 9.17) is 19.4 Å². The van der Waals surface area contributed by atoms with Gasteiger partial charge in [-0.15, -0.1) is 0 Å². The van der Waals surface area contributed by atoms with E-state index < -0.39 is 0 Å². The summed E-state index contributed by atoms with van der Waals surface area (Å²) in [6, 6.07) is 63.9. The van der Waals surface area contributed by atoms with Crippen LogP contribution >= 0.6 is 0 Å². The van der Waals surface area contributed by atoms with Crippen LogP contribution in [0, 0.1) is 0 Å². The van der Waals surface area contributed by atoms with Gasteiger partial charge in [-0.1, -0.05) is 133 Å². The predicted molar refractivity (Wildman–Crippen MR) is 230 cm³/mol. The van der Waals surface area contributed by atoms with Crippen LogP contribution in [-0.4, -0.2) is 19.5 Å². The molecule has 0 spiro atoms. The third kappa shape index (κ3) is 4.64. The fourth-order valence-electron chi connectivity index (χ4n) is 8.63. The van der Waals surface area contributed by atoms with E-state index in [0.29, 0.717) is 17.5 Å². The van der Waals surface area contributed by atoms with Crippen LogP contribution in [0.5, 0.6) is 0 Å². The van der Waals surface area contributed by atoms with Crippen molar-refractivity contribution in [3.63, 3.8) is 0 Å². The summed E-state index contributed by atoms with van der Waals surface area (Å²) in [6.07, 6.45) is 0. The lowest BCUT2D eigenvalue weighted by molar-refractivity contribution is 0.669. The molecular formula is C51H30N4O. The Bertz CT molecular complexity index is 3440. The van der Waals surface area contributed by atoms with E-state index in [0.717, 1.165) is 55.3 Å². The van der Waals surface area contributed by atoms with Gasteiger partial charge < -0.3 is 8.98 Å². The first kappa shape index (κ1) is 30.8. The quantitative estimate of drug-likeness (QED) is 0.170. The van der Waals surface area contributed by atoms with E-state index in [1.165, 1.54) is 43.1 Å². The molecule has 260 valence electrons. The highest BCUT2D eigenvalue weighted by molar-refractivity contribution is 6.26. The monoisotopic (exact) mass is 714 g/mol. The average molecular weight is 715 g/mol. The Morgan fingerprint density at radius 1 is 0.304 bits per heavy atom. The highest BCUT2D eigenvalue weighted by Crippen LogP contribution is 2.41. The lowest BCUT2D eigenvalue weighted by Gasteiger charge is -2.13. The van der Waals surface area contributed by atoms with Crippen molar-refractivity contribution in [3.05, 3.63) is 182 Å². The number of aromatic nitrogens is 4. The number of rotatable bonds is 4. The molecular weight excluding hydrogens is 685 g/mol. The van der Waals surface area contributed by atoms with E-state index in [-0.39, 0.29) is 0 Å². The third-order valence-corrected chi connectivity index (χ3v) is 11.2. The van der Waals surface area contributed by atoms with E-state index in [9.17, 15) is 0 Å². The van der Waals surface area contributed by atoms with Crippen molar-refractivity contribution in [2.24, 2.45) is 0 Å². The van der Waals surface area contributed by atoms with Gasteiger partial charge in [-0.2, -0.15) is 0 Å². The molecule has 12 aromatic rings. The second-order valence-corrected chi connectivity index (χ2v) is 14.4. The van der Waals surface area contributed by atoms with Gasteiger partial charge in [0.15, 0.2) is 17.5 Å². The summed E-state index contributed by atoms with van der Waals surface area (Å²) >= 11 is 0. The molecule has 0 saturated heterocycles. The zero-order chi connectivity index (χ0) is 36.7. The lowest BCUT2D eigenvalue weighted by Crippen LogP contribution is -2.00. The van der Waals surface area contributed by atoms with Crippen LogP contribution in [0.25, 0.3) is 116 Å². The molecule has 0 N–H and O–H groups in total. The second kappa shape index (κ2) is 11.9. The minimum atomic E-state index is 0.614. The highest BCUT2D eigenvalue weighted by Gasteiger charge is 2.19. The Kier molecular flexibility index (Phi) is 6.56. The number of hydrogen-bond donors (Lipinski definition) is 0. The summed E-state index contributed by atoms with van der Waals surface area (Å²) in [7, 11) is 0. The van der Waals surface area contributed by atoms with Gasteiger partial charge in [-0.3, -0.25) is 0 Å². The van der Waals surface area contributed by atoms with E-state index >= 15 is 0 Å². The van der Waals surface area contributed by atoms with Crippen molar-refractivity contribution < 1.29 is 4.42 Å². The van der Waals surface area contributed by atoms with Crippen LogP contribution in [0.2, 0.25) is 0 Å². The summed E-state index contributed by atoms with van der Waals surface area (Å²) in [5.41, 5.74) is 7.78. The predicted octanol–water partition coefficient (Wildman–Crippen LogP) is 13.3. The van der Waals surface area contributed by atoms with Crippen molar-refractivity contribution in [2.45, 2.75) is 0 Å². The van der Waals surface area contributed by atoms with Gasteiger partial charge in [0.25, 0.3) is 0 Å². The summed E-state index contributed by atoms with van der Waals surface area (Å²) in [5.74, 6) is 1.88. The largest absolute Gasteiger partial charge is 0.456 e. The van der Waals surface area contributed by atoms with E-state index in [1.54, 1.807) is 0 Å². The summed E-state index contributed by atoms with van der Waals surface area (Å²) in [6.45, 7) is 0. The molecule has 0 atom stereocenters. The molecule has 0 unspecified atom stereocenters. The SMILES string of the molecule is c1ccc(-c2nc(-c3ccccc3)nc(-c3ccc4oc5cc6c(cc5c4c3)c3ccccc3n6-c3ccc4c5ccccc5c5ccccc5c4c3)n2)cc1. The number of nitrogens with zero attached hydrogens (tertiary/aromatic N) is 4. The molecule has 3 heterocycles. The standard InChI is InChI=1S/C51H30N4O/c1-3-13-31(14-4-1)49-52-50(32-15-5-2-6-16-32)54-51(53-49)33-23-26-47-43(27-33)44-29-42-40-21-11-12-22-45(40)55(46(42)30-48(44)56-47)34-24-25-39-37-19-8-7-17-35(37)36-18-9-10-20-38(36)41(39)28-34/h1-30H. The number of furan rings is 1. The van der Waals surface area contributed by atoms with Crippen molar-refractivity contribution in [1.82, 2.24) is 19.5 Å². The Morgan fingerprint density at radius 2 is 0.821 bits per heavy atom. The molecule has 0 bridgehead atoms. The maximum atomic E-state index is 6.63. The number of benzene rings is 9. The van der Waals surface area contributed by atoms with Crippen molar-refractivity contribution in [3.8, 4) is 39.9 Å². The first-order chi connectivity index (χ1) is 27.7. The first-order valence-corrected chi connectivity index (χ1v) is 18.9. The highest BCUT2D eigenvalue weighted by atomic mass is 16.3. The van der Waals surface area contributed by atoms with Gasteiger partial charge in [-0.05, 0) is 74.8 Å². The van der Waals surface area contributed by atoms with Gasteiger partial charge in [-0.25, -0.2) is 15.0 Å². The zero-order valence-corrected chi connectivity index (χ0v) is 30.0. The average Bonchev–Trinajstić information content (AvgIpc) is 3.80. The molecule has 0 saturated carbocycles. The minimum absolute atomic E-state index is 0.614. The third-order valence-electron chi connectivity index (χ3n) is 11.2. The van der Waals surface area contributed by atoms with Gasteiger partial charge in [0.05, 0.1) is 11.0 Å². The van der Waals surface area contributed by atoms with E-state index in [1.807, 2.05) is 72.8 Å². The lowest BCUT2D eigenvalue weighted by atomic mass is 9.94. The first-order valence-electron chi connectivity index (χ1n) is 18.9. The number of hydrogen-bond acceptors (Lipinski definition) is 4. The molecule has 0 amide bonds. The molecule has 0 aliphatic carbocycles. The van der Waals surface area contributed by atoms with Crippen LogP contribution in [0.4, 0.5) is 0 Å². The maximum absolute atomic E-state index is 6.63. The van der Waals surface area contributed by atoms with Crippen molar-refractivity contribution in [2.75, 3.05) is 0 Å². The summed E-state index contributed by atoms with van der Waals surface area (Å²) in [4.78, 5) is 14.9. The normalized spacial score (nSPS) is 11.9. The van der Waals surface area contributed by atoms with Crippen LogP contribution in [0.3, 0.4) is 0 Å². The van der Waals surface area contributed by atoms with Crippen molar-refractivity contribution in [1.29, 1.82) is 0 Å². The molecule has 9 aromatic carbocycles. The maximum Gasteiger partial charge on any atom is 0.164 e. The fraction of sp³-hybridized carbons (Fsp3) is 0. The van der Waals surface area contributed by atoms with Crippen LogP contribution in [0.1, 0.15) is 0 Å². The fourth-order valence-corrected chi connectivity index (χ4v) is 8.63. The smallest absolute Gasteiger partial charge is 0.164 e. The number of para-hydroxylation sites is 1. The molecule has 12 rings (SSSR count). The minimum Gasteiger partial charge on any atom is -0.456 e. The van der Waals surface area contributed by atoms with Crippen molar-refractivity contribution >= 4 is 76.1 Å². The van der Waals surface area contributed by atoms with E-state index in [2.05, 4.69) is 114 Å². The molecule has 0 aliphatic heterocycles. The molecule has 0 radical (unpaired) electrons. The molecule has 5 heteroatoms. The second-order valence-electron chi connectivity index (χ2n) is 14.4. The van der Waals surface area contributed by atoms with Crippen LogP contribution in [-0.2, 0) is 0 Å². The molecule has 3 aromatic heterocycles. The molecule has 0 fully saturated rings. The van der Waals surface area contributed by atoms with Gasteiger partial charge in [0.2, 0.25) is 0 Å². The number of fused-ring (bicyclic) bond motifs is 12. The Hall–Kier alpha value is -7.63.